The number of rotatable bonds is 2. The van der Waals surface area contributed by atoms with E-state index in [9.17, 15) is 14.7 Å². The second-order valence-electron chi connectivity index (χ2n) is 4.09. The Labute approximate surface area is 115 Å². The van der Waals surface area contributed by atoms with E-state index in [1.54, 1.807) is 6.92 Å². The second-order valence-corrected chi connectivity index (χ2v) is 4.09. The van der Waals surface area contributed by atoms with Crippen molar-refractivity contribution in [3.63, 3.8) is 0 Å². The van der Waals surface area contributed by atoms with Gasteiger partial charge in [-0.25, -0.2) is 4.79 Å². The van der Waals surface area contributed by atoms with Gasteiger partial charge in [0.05, 0.1) is 12.7 Å². The van der Waals surface area contributed by atoms with E-state index in [0.29, 0.717) is 5.56 Å². The number of hydrogen-bond donors (Lipinski definition) is 3. The maximum atomic E-state index is 11.6. The van der Waals surface area contributed by atoms with E-state index < -0.39 is 29.7 Å². The van der Waals surface area contributed by atoms with Crippen LogP contribution in [0.4, 0.5) is 0 Å². The molecule has 1 fully saturated rings. The summed E-state index contributed by atoms with van der Waals surface area (Å²) >= 11 is 0. The fraction of sp³-hybridized carbons (Fsp3) is 0.600. The summed E-state index contributed by atoms with van der Waals surface area (Å²) in [6, 6.07) is 0. The van der Waals surface area contributed by atoms with E-state index in [-0.39, 0.29) is 32.8 Å². The normalized spacial score (nSPS) is 26.9. The molecule has 0 unspecified atom stereocenters. The molecule has 0 saturated carbocycles. The molecule has 0 aliphatic carbocycles. The molecule has 0 bridgehead atoms. The van der Waals surface area contributed by atoms with Crippen LogP contribution in [0.3, 0.4) is 0 Å². The van der Waals surface area contributed by atoms with Crippen LogP contribution in [0, 0.1) is 6.92 Å². The molecule has 2 heterocycles. The minimum atomic E-state index is -0.816. The third-order valence-corrected chi connectivity index (χ3v) is 2.84. The SMILES string of the molecule is Cc1cn([C@H]2C[C@H](O)[C@@H](CO)O2)c(=O)[nH]c1=O.[Os]. The molecule has 1 aromatic heterocycles. The first kappa shape index (κ1) is 15.3. The zero-order chi connectivity index (χ0) is 12.6. The summed E-state index contributed by atoms with van der Waals surface area (Å²) in [5.41, 5.74) is -0.643. The largest absolute Gasteiger partial charge is 0.394 e. The average molecular weight is 432 g/mol. The van der Waals surface area contributed by atoms with Crippen molar-refractivity contribution in [3.05, 3.63) is 32.6 Å². The summed E-state index contributed by atoms with van der Waals surface area (Å²) in [6.07, 6.45) is -0.581. The Balaban J connectivity index is 0.00000162. The van der Waals surface area contributed by atoms with Gasteiger partial charge in [-0.3, -0.25) is 14.3 Å². The molecule has 1 aliphatic rings. The van der Waals surface area contributed by atoms with Gasteiger partial charge < -0.3 is 14.9 Å². The standard InChI is InChI=1S/C10H14N2O5.Os/c1-5-3-12(10(16)11-9(5)15)8-2-6(14)7(4-13)17-8;/h3,6-8,13-14H,2,4H2,1H3,(H,11,15,16);/t6-,7+,8+;/m0./s1. The van der Waals surface area contributed by atoms with Gasteiger partial charge in [0.15, 0.2) is 0 Å². The van der Waals surface area contributed by atoms with Crippen LogP contribution in [-0.4, -0.2) is 38.6 Å². The topological polar surface area (TPSA) is 105 Å². The molecule has 3 N–H and O–H groups in total. The van der Waals surface area contributed by atoms with E-state index in [1.807, 2.05) is 0 Å². The van der Waals surface area contributed by atoms with Gasteiger partial charge >= 0.3 is 5.69 Å². The number of ether oxygens (including phenoxy) is 1. The molecule has 7 nitrogen and oxygen atoms in total. The fourth-order valence-electron chi connectivity index (χ4n) is 1.85. The van der Waals surface area contributed by atoms with Crippen molar-refractivity contribution >= 4 is 0 Å². The number of aromatic nitrogens is 2. The molecule has 2 rings (SSSR count). The van der Waals surface area contributed by atoms with E-state index in [0.717, 1.165) is 0 Å². The van der Waals surface area contributed by atoms with Crippen molar-refractivity contribution < 1.29 is 34.7 Å². The summed E-state index contributed by atoms with van der Waals surface area (Å²) in [4.78, 5) is 24.9. The zero-order valence-corrected chi connectivity index (χ0v) is 12.2. The van der Waals surface area contributed by atoms with E-state index in [4.69, 9.17) is 9.84 Å². The van der Waals surface area contributed by atoms with Crippen molar-refractivity contribution in [1.29, 1.82) is 0 Å². The first-order valence-electron chi connectivity index (χ1n) is 5.29. The van der Waals surface area contributed by atoms with Crippen LogP contribution in [0.1, 0.15) is 18.2 Å². The molecule has 0 aromatic carbocycles. The van der Waals surface area contributed by atoms with Crippen LogP contribution in [-0.2, 0) is 24.5 Å². The Kier molecular flexibility index (Phi) is 4.99. The maximum absolute atomic E-state index is 11.6. The number of aromatic amines is 1. The van der Waals surface area contributed by atoms with Crippen LogP contribution >= 0.6 is 0 Å². The fourth-order valence-corrected chi connectivity index (χ4v) is 1.85. The minimum absolute atomic E-state index is 0. The Morgan fingerprint density at radius 1 is 1.56 bits per heavy atom. The molecule has 1 saturated heterocycles. The number of hydrogen-bond acceptors (Lipinski definition) is 5. The predicted molar refractivity (Wildman–Crippen MR) is 57.7 cm³/mol. The van der Waals surface area contributed by atoms with Crippen molar-refractivity contribution in [3.8, 4) is 0 Å². The van der Waals surface area contributed by atoms with Crippen LogP contribution < -0.4 is 11.2 Å². The maximum Gasteiger partial charge on any atom is 0.330 e. The molecule has 102 valence electrons. The van der Waals surface area contributed by atoms with Crippen LogP contribution in [0.5, 0.6) is 0 Å². The first-order chi connectivity index (χ1) is 8.02. The molecule has 0 spiro atoms. The Morgan fingerprint density at radius 3 is 2.78 bits per heavy atom. The van der Waals surface area contributed by atoms with E-state index in [2.05, 4.69) is 4.98 Å². The van der Waals surface area contributed by atoms with Gasteiger partial charge in [-0.1, -0.05) is 0 Å². The number of aryl methyl sites for hydroxylation is 1. The van der Waals surface area contributed by atoms with Crippen LogP contribution in [0.25, 0.3) is 0 Å². The van der Waals surface area contributed by atoms with Crippen LogP contribution in [0.15, 0.2) is 15.8 Å². The molecule has 0 amide bonds. The summed E-state index contributed by atoms with van der Waals surface area (Å²) < 4.78 is 6.54. The summed E-state index contributed by atoms with van der Waals surface area (Å²) in [7, 11) is 0. The monoisotopic (exact) mass is 434 g/mol. The van der Waals surface area contributed by atoms with Gasteiger partial charge in [0, 0.05) is 38.0 Å². The number of nitrogens with zero attached hydrogens (tertiary/aromatic N) is 1. The molecule has 3 atom stereocenters. The summed E-state index contributed by atoms with van der Waals surface area (Å²) in [5.74, 6) is 0. The van der Waals surface area contributed by atoms with Gasteiger partial charge in [0.1, 0.15) is 12.3 Å². The van der Waals surface area contributed by atoms with Gasteiger partial charge in [-0.05, 0) is 6.92 Å². The first-order valence-corrected chi connectivity index (χ1v) is 5.29. The van der Waals surface area contributed by atoms with Crippen molar-refractivity contribution in [2.75, 3.05) is 6.61 Å². The Hall–Kier alpha value is -0.804. The minimum Gasteiger partial charge on any atom is -0.394 e. The number of aliphatic hydroxyl groups excluding tert-OH is 2. The quantitative estimate of drug-likeness (QED) is 0.527. The molecular formula is C10H14N2O5Os. The number of aliphatic hydroxyl groups is 2. The van der Waals surface area contributed by atoms with Gasteiger partial charge in [-0.2, -0.15) is 0 Å². The van der Waals surface area contributed by atoms with Crippen molar-refractivity contribution in [2.24, 2.45) is 0 Å². The molecule has 8 heteroatoms. The third kappa shape index (κ3) is 2.78. The number of H-pyrrole nitrogens is 1. The summed E-state index contributed by atoms with van der Waals surface area (Å²) in [5, 5.41) is 18.5. The zero-order valence-electron chi connectivity index (χ0n) is 9.64. The van der Waals surface area contributed by atoms with Gasteiger partial charge in [0.2, 0.25) is 0 Å². The van der Waals surface area contributed by atoms with E-state index >= 15 is 0 Å². The smallest absolute Gasteiger partial charge is 0.330 e. The predicted octanol–water partition coefficient (Wildman–Crippen LogP) is -1.52. The molecule has 0 radical (unpaired) electrons. The number of nitrogens with one attached hydrogen (secondary N) is 1. The molecule has 1 aliphatic heterocycles. The van der Waals surface area contributed by atoms with Gasteiger partial charge in [-0.15, -0.1) is 0 Å². The second kappa shape index (κ2) is 5.89. The Bertz CT molecular complexity index is 526. The summed E-state index contributed by atoms with van der Waals surface area (Å²) in [6.45, 7) is 1.26. The van der Waals surface area contributed by atoms with Crippen LogP contribution in [0.2, 0.25) is 0 Å². The van der Waals surface area contributed by atoms with E-state index in [1.165, 1.54) is 10.8 Å². The van der Waals surface area contributed by atoms with Crippen molar-refractivity contribution in [2.45, 2.75) is 31.8 Å². The average Bonchev–Trinajstić information content (AvgIpc) is 2.65. The van der Waals surface area contributed by atoms with Crippen molar-refractivity contribution in [1.82, 2.24) is 9.55 Å². The molecule has 18 heavy (non-hydrogen) atoms. The van der Waals surface area contributed by atoms with Gasteiger partial charge in [0.25, 0.3) is 5.56 Å². The third-order valence-electron chi connectivity index (χ3n) is 2.84. The Morgan fingerprint density at radius 2 is 2.22 bits per heavy atom. The molecule has 1 aromatic rings. The molecular weight excluding hydrogens is 418 g/mol.